The van der Waals surface area contributed by atoms with Crippen LogP contribution in [0.15, 0.2) is 22.7 Å². The first-order chi connectivity index (χ1) is 8.67. The molecule has 1 rings (SSSR count). The zero-order valence-electron chi connectivity index (χ0n) is 10.3. The van der Waals surface area contributed by atoms with E-state index < -0.39 is 0 Å². The summed E-state index contributed by atoms with van der Waals surface area (Å²) in [5.74, 6) is -0.250. The zero-order chi connectivity index (χ0) is 13.4. The van der Waals surface area contributed by atoms with Gasteiger partial charge in [0, 0.05) is 37.6 Å². The molecule has 0 heterocycles. The van der Waals surface area contributed by atoms with E-state index in [1.165, 1.54) is 12.1 Å². The fraction of sp³-hybridized carbons (Fsp3) is 0.462. The Balaban J connectivity index is 2.68. The summed E-state index contributed by atoms with van der Waals surface area (Å²) in [6.07, 6.45) is 0.455. The van der Waals surface area contributed by atoms with Crippen molar-refractivity contribution in [3.63, 3.8) is 0 Å². The lowest BCUT2D eigenvalue weighted by molar-refractivity contribution is 0.145. The molecule has 98 valence electrons. The Bertz CT molecular complexity index is 420. The van der Waals surface area contributed by atoms with Gasteiger partial charge in [0.1, 0.15) is 5.82 Å². The Morgan fingerprint density at radius 3 is 2.89 bits per heavy atom. The van der Waals surface area contributed by atoms with E-state index in [2.05, 4.69) is 26.9 Å². The molecule has 1 aromatic rings. The van der Waals surface area contributed by atoms with E-state index in [4.69, 9.17) is 10.00 Å². The van der Waals surface area contributed by atoms with Crippen LogP contribution in [0.1, 0.15) is 12.0 Å². The van der Waals surface area contributed by atoms with Crippen molar-refractivity contribution < 1.29 is 9.13 Å². The van der Waals surface area contributed by atoms with Gasteiger partial charge >= 0.3 is 0 Å². The van der Waals surface area contributed by atoms with Crippen LogP contribution in [0.25, 0.3) is 0 Å². The van der Waals surface area contributed by atoms with Gasteiger partial charge in [0.15, 0.2) is 0 Å². The standard InChI is InChI=1S/C13H16BrFN2O/c1-18-8-7-17(6-2-5-16)10-11-9-12(15)3-4-13(11)14/h3-4,9H,2,6-8,10H2,1H3. The Labute approximate surface area is 115 Å². The fourth-order valence-corrected chi connectivity index (χ4v) is 1.98. The van der Waals surface area contributed by atoms with Crippen molar-refractivity contribution in [2.75, 3.05) is 26.8 Å². The van der Waals surface area contributed by atoms with Gasteiger partial charge < -0.3 is 4.74 Å². The van der Waals surface area contributed by atoms with Crippen molar-refractivity contribution in [2.45, 2.75) is 13.0 Å². The molecule has 0 spiro atoms. The molecule has 0 aliphatic carbocycles. The molecular weight excluding hydrogens is 299 g/mol. The first-order valence-corrected chi connectivity index (χ1v) is 6.49. The molecule has 5 heteroatoms. The lowest BCUT2D eigenvalue weighted by atomic mass is 10.2. The van der Waals surface area contributed by atoms with Crippen molar-refractivity contribution in [1.82, 2.24) is 4.90 Å². The molecule has 0 fully saturated rings. The number of ether oxygens (including phenoxy) is 1. The van der Waals surface area contributed by atoms with Crippen molar-refractivity contribution >= 4 is 15.9 Å². The van der Waals surface area contributed by atoms with Crippen LogP contribution in [-0.2, 0) is 11.3 Å². The molecule has 1 aromatic carbocycles. The van der Waals surface area contributed by atoms with Crippen LogP contribution in [0.3, 0.4) is 0 Å². The van der Waals surface area contributed by atoms with Gasteiger partial charge in [-0.2, -0.15) is 5.26 Å². The summed E-state index contributed by atoms with van der Waals surface area (Å²) < 4.78 is 19.1. The molecule has 0 saturated heterocycles. The van der Waals surface area contributed by atoms with Crippen molar-refractivity contribution in [2.24, 2.45) is 0 Å². The second-order valence-electron chi connectivity index (χ2n) is 3.91. The number of hydrogen-bond donors (Lipinski definition) is 0. The number of nitriles is 1. The smallest absolute Gasteiger partial charge is 0.123 e. The minimum atomic E-state index is -0.250. The van der Waals surface area contributed by atoms with Crippen molar-refractivity contribution in [1.29, 1.82) is 5.26 Å². The molecule has 0 amide bonds. The zero-order valence-corrected chi connectivity index (χ0v) is 11.9. The fourth-order valence-electron chi connectivity index (χ4n) is 1.60. The number of halogens is 2. The Kier molecular flexibility index (Phi) is 6.88. The SMILES string of the molecule is COCCN(CCC#N)Cc1cc(F)ccc1Br. The lowest BCUT2D eigenvalue weighted by Gasteiger charge is -2.21. The van der Waals surface area contributed by atoms with E-state index in [-0.39, 0.29) is 5.82 Å². The van der Waals surface area contributed by atoms with Crippen LogP contribution in [0.2, 0.25) is 0 Å². The maximum Gasteiger partial charge on any atom is 0.123 e. The summed E-state index contributed by atoms with van der Waals surface area (Å²) in [7, 11) is 1.64. The van der Waals surface area contributed by atoms with Gasteiger partial charge in [0.2, 0.25) is 0 Å². The molecule has 0 aromatic heterocycles. The molecule has 0 N–H and O–H groups in total. The molecule has 0 bridgehead atoms. The number of benzene rings is 1. The third-order valence-corrected chi connectivity index (χ3v) is 3.33. The van der Waals surface area contributed by atoms with Crippen LogP contribution in [0.4, 0.5) is 4.39 Å². The molecule has 18 heavy (non-hydrogen) atoms. The minimum Gasteiger partial charge on any atom is -0.383 e. The van der Waals surface area contributed by atoms with Gasteiger partial charge in [0.05, 0.1) is 12.7 Å². The highest BCUT2D eigenvalue weighted by Crippen LogP contribution is 2.19. The monoisotopic (exact) mass is 314 g/mol. The summed E-state index contributed by atoms with van der Waals surface area (Å²) in [6, 6.07) is 6.75. The van der Waals surface area contributed by atoms with Crippen molar-refractivity contribution in [3.05, 3.63) is 34.1 Å². The second-order valence-corrected chi connectivity index (χ2v) is 4.77. The van der Waals surface area contributed by atoms with E-state index in [0.29, 0.717) is 26.1 Å². The second kappa shape index (κ2) is 8.20. The normalized spacial score (nSPS) is 10.6. The minimum absolute atomic E-state index is 0.250. The Morgan fingerprint density at radius 2 is 2.22 bits per heavy atom. The highest BCUT2D eigenvalue weighted by Gasteiger charge is 2.09. The van der Waals surface area contributed by atoms with Crippen LogP contribution >= 0.6 is 15.9 Å². The Hall–Kier alpha value is -0.960. The highest BCUT2D eigenvalue weighted by atomic mass is 79.9. The van der Waals surface area contributed by atoms with Gasteiger partial charge in [-0.1, -0.05) is 15.9 Å². The summed E-state index contributed by atoms with van der Waals surface area (Å²) in [5.41, 5.74) is 0.879. The molecule has 0 aliphatic heterocycles. The van der Waals surface area contributed by atoms with E-state index in [9.17, 15) is 4.39 Å². The summed E-state index contributed by atoms with van der Waals surface area (Å²) in [4.78, 5) is 2.08. The van der Waals surface area contributed by atoms with Crippen LogP contribution in [-0.4, -0.2) is 31.7 Å². The average molecular weight is 315 g/mol. The largest absolute Gasteiger partial charge is 0.383 e. The first-order valence-electron chi connectivity index (χ1n) is 5.69. The summed E-state index contributed by atoms with van der Waals surface area (Å²) >= 11 is 3.41. The van der Waals surface area contributed by atoms with E-state index in [1.807, 2.05) is 0 Å². The first kappa shape index (κ1) is 15.1. The van der Waals surface area contributed by atoms with Gasteiger partial charge in [-0.3, -0.25) is 4.90 Å². The number of nitrogens with zero attached hydrogens (tertiary/aromatic N) is 2. The summed E-state index contributed by atoms with van der Waals surface area (Å²) in [5, 5.41) is 8.63. The summed E-state index contributed by atoms with van der Waals surface area (Å²) in [6.45, 7) is 2.58. The predicted octanol–water partition coefficient (Wildman–Crippen LogP) is 2.95. The molecule has 0 radical (unpaired) electrons. The predicted molar refractivity (Wildman–Crippen MR) is 71.5 cm³/mol. The quantitative estimate of drug-likeness (QED) is 0.776. The highest BCUT2D eigenvalue weighted by molar-refractivity contribution is 9.10. The molecule has 0 aliphatic rings. The van der Waals surface area contributed by atoms with Crippen molar-refractivity contribution in [3.8, 4) is 6.07 Å². The topological polar surface area (TPSA) is 36.3 Å². The van der Waals surface area contributed by atoms with E-state index >= 15 is 0 Å². The molecule has 0 atom stereocenters. The third kappa shape index (κ3) is 5.13. The molecule has 0 saturated carbocycles. The number of hydrogen-bond acceptors (Lipinski definition) is 3. The third-order valence-electron chi connectivity index (χ3n) is 2.55. The van der Waals surface area contributed by atoms with Gasteiger partial charge in [-0.05, 0) is 23.8 Å². The maximum absolute atomic E-state index is 13.2. The lowest BCUT2D eigenvalue weighted by Crippen LogP contribution is -2.28. The average Bonchev–Trinajstić information content (AvgIpc) is 2.37. The number of rotatable bonds is 7. The Morgan fingerprint density at radius 1 is 1.44 bits per heavy atom. The number of methoxy groups -OCH3 is 1. The maximum atomic E-state index is 13.2. The van der Waals surface area contributed by atoms with Gasteiger partial charge in [-0.25, -0.2) is 4.39 Å². The van der Waals surface area contributed by atoms with Gasteiger partial charge in [0.25, 0.3) is 0 Å². The molecule has 0 unspecified atom stereocenters. The van der Waals surface area contributed by atoms with E-state index in [0.717, 1.165) is 16.6 Å². The van der Waals surface area contributed by atoms with Crippen LogP contribution in [0.5, 0.6) is 0 Å². The van der Waals surface area contributed by atoms with Crippen LogP contribution in [0, 0.1) is 17.1 Å². The van der Waals surface area contributed by atoms with Crippen LogP contribution < -0.4 is 0 Å². The van der Waals surface area contributed by atoms with Gasteiger partial charge in [-0.15, -0.1) is 0 Å². The molecular formula is C13H16BrFN2O. The van der Waals surface area contributed by atoms with E-state index in [1.54, 1.807) is 13.2 Å². The molecule has 3 nitrogen and oxygen atoms in total.